The van der Waals surface area contributed by atoms with Crippen molar-refractivity contribution in [3.63, 3.8) is 0 Å². The van der Waals surface area contributed by atoms with Crippen molar-refractivity contribution in [2.45, 2.75) is 58.5 Å². The zero-order valence-corrected chi connectivity index (χ0v) is 14.3. The molecule has 1 aromatic rings. The van der Waals surface area contributed by atoms with E-state index in [1.54, 1.807) is 12.1 Å². The second-order valence-electron chi connectivity index (χ2n) is 7.66. The van der Waals surface area contributed by atoms with E-state index in [9.17, 15) is 23.1 Å². The van der Waals surface area contributed by atoms with Gasteiger partial charge in [-0.25, -0.2) is 0 Å². The number of allylic oxidation sites excluding steroid dienone is 1. The number of halogens is 3. The summed E-state index contributed by atoms with van der Waals surface area (Å²) in [6.07, 6.45) is -3.22. The largest absolute Gasteiger partial charge is 0.507 e. The van der Waals surface area contributed by atoms with Crippen LogP contribution in [0.15, 0.2) is 18.2 Å². The Hall–Kier alpha value is -1.78. The SMILES string of the molecule is CC(C)(C)c1cc(/C=C/C(=O)C(F)(F)F)cc(C(C)(C)C)c1O. The minimum absolute atomic E-state index is 0.143. The maximum atomic E-state index is 12.3. The lowest BCUT2D eigenvalue weighted by Crippen LogP contribution is -2.20. The molecule has 2 nitrogen and oxygen atoms in total. The molecule has 1 aromatic carbocycles. The number of aromatic hydroxyl groups is 1. The lowest BCUT2D eigenvalue weighted by Gasteiger charge is -2.27. The number of hydrogen-bond acceptors (Lipinski definition) is 2. The van der Waals surface area contributed by atoms with Crippen molar-refractivity contribution in [1.29, 1.82) is 0 Å². The third kappa shape index (κ3) is 4.85. The van der Waals surface area contributed by atoms with E-state index in [1.165, 1.54) is 0 Å². The fourth-order valence-corrected chi connectivity index (χ4v) is 2.16. The Balaban J connectivity index is 3.46. The Morgan fingerprint density at radius 2 is 1.35 bits per heavy atom. The molecule has 0 heterocycles. The van der Waals surface area contributed by atoms with E-state index >= 15 is 0 Å². The molecule has 0 unspecified atom stereocenters. The van der Waals surface area contributed by atoms with Gasteiger partial charge in [0.1, 0.15) is 5.75 Å². The van der Waals surface area contributed by atoms with Crippen LogP contribution in [0.1, 0.15) is 58.2 Å². The standard InChI is InChI=1S/C18H23F3O2/c1-16(2,3)12-9-11(7-8-14(22)18(19,20)21)10-13(15(12)23)17(4,5)6/h7-10,23H,1-6H3/b8-7+. The van der Waals surface area contributed by atoms with Gasteiger partial charge in [0.15, 0.2) is 0 Å². The van der Waals surface area contributed by atoms with Crippen LogP contribution in [0.4, 0.5) is 13.2 Å². The first-order valence-electron chi connectivity index (χ1n) is 7.31. The summed E-state index contributed by atoms with van der Waals surface area (Å²) in [5.74, 6) is -1.76. The molecule has 23 heavy (non-hydrogen) atoms. The Bertz CT molecular complexity index is 592. The Labute approximate surface area is 135 Å². The van der Waals surface area contributed by atoms with Gasteiger partial charge in [0.05, 0.1) is 0 Å². The molecule has 0 aliphatic carbocycles. The lowest BCUT2D eigenvalue weighted by atomic mass is 9.78. The first-order valence-corrected chi connectivity index (χ1v) is 7.31. The maximum Gasteiger partial charge on any atom is 0.454 e. The number of hydrogen-bond donors (Lipinski definition) is 1. The zero-order chi connectivity index (χ0) is 18.2. The number of phenolic OH excluding ortho intramolecular Hbond substituents is 1. The smallest absolute Gasteiger partial charge is 0.454 e. The molecule has 0 fully saturated rings. The molecule has 0 bridgehead atoms. The van der Waals surface area contributed by atoms with E-state index in [4.69, 9.17) is 0 Å². The van der Waals surface area contributed by atoms with Crippen molar-refractivity contribution in [2.24, 2.45) is 0 Å². The summed E-state index contributed by atoms with van der Waals surface area (Å²) >= 11 is 0. The van der Waals surface area contributed by atoms with Crippen LogP contribution in [0.2, 0.25) is 0 Å². The van der Waals surface area contributed by atoms with Crippen molar-refractivity contribution in [2.75, 3.05) is 0 Å². The van der Waals surface area contributed by atoms with Crippen LogP contribution in [0.5, 0.6) is 5.75 Å². The van der Waals surface area contributed by atoms with E-state index < -0.39 is 12.0 Å². The molecule has 0 aliphatic heterocycles. The normalized spacial score (nSPS) is 13.6. The second-order valence-corrected chi connectivity index (χ2v) is 7.66. The Morgan fingerprint density at radius 3 is 1.65 bits per heavy atom. The molecule has 0 saturated carbocycles. The van der Waals surface area contributed by atoms with Crippen LogP contribution in [-0.2, 0) is 15.6 Å². The number of ketones is 1. The van der Waals surface area contributed by atoms with Crippen LogP contribution in [0.25, 0.3) is 6.08 Å². The van der Waals surface area contributed by atoms with E-state index in [0.717, 1.165) is 6.08 Å². The predicted octanol–water partition coefficient (Wildman–Crippen LogP) is 5.13. The monoisotopic (exact) mass is 328 g/mol. The highest BCUT2D eigenvalue weighted by atomic mass is 19.4. The van der Waals surface area contributed by atoms with Gasteiger partial charge >= 0.3 is 6.18 Å². The highest BCUT2D eigenvalue weighted by Crippen LogP contribution is 2.40. The van der Waals surface area contributed by atoms with Gasteiger partial charge in [-0.2, -0.15) is 13.2 Å². The van der Waals surface area contributed by atoms with E-state index in [1.807, 2.05) is 41.5 Å². The number of alkyl halides is 3. The van der Waals surface area contributed by atoms with Crippen LogP contribution in [0, 0.1) is 0 Å². The number of carbonyl (C=O) groups excluding carboxylic acids is 1. The van der Waals surface area contributed by atoms with Crippen LogP contribution in [0.3, 0.4) is 0 Å². The minimum atomic E-state index is -4.88. The molecule has 0 amide bonds. The molecular weight excluding hydrogens is 305 g/mol. The fraction of sp³-hybridized carbons (Fsp3) is 0.500. The van der Waals surface area contributed by atoms with Crippen molar-refractivity contribution in [3.05, 3.63) is 34.9 Å². The fourth-order valence-electron chi connectivity index (χ4n) is 2.16. The summed E-state index contributed by atoms with van der Waals surface area (Å²) in [4.78, 5) is 11.0. The minimum Gasteiger partial charge on any atom is -0.507 e. The van der Waals surface area contributed by atoms with Crippen molar-refractivity contribution >= 4 is 11.9 Å². The first kappa shape index (κ1) is 19.3. The average molecular weight is 328 g/mol. The van der Waals surface area contributed by atoms with Crippen molar-refractivity contribution < 1.29 is 23.1 Å². The molecule has 0 radical (unpaired) electrons. The molecule has 5 heteroatoms. The zero-order valence-electron chi connectivity index (χ0n) is 14.3. The number of rotatable bonds is 2. The summed E-state index contributed by atoms with van der Waals surface area (Å²) in [6.45, 7) is 11.4. The highest BCUT2D eigenvalue weighted by Gasteiger charge is 2.36. The molecule has 0 aliphatic rings. The quantitative estimate of drug-likeness (QED) is 0.764. The lowest BCUT2D eigenvalue weighted by molar-refractivity contribution is -0.165. The third-order valence-electron chi connectivity index (χ3n) is 3.45. The maximum absolute atomic E-state index is 12.3. The van der Waals surface area contributed by atoms with Gasteiger partial charge in [0.25, 0.3) is 5.78 Å². The Morgan fingerprint density at radius 1 is 0.957 bits per heavy atom. The highest BCUT2D eigenvalue weighted by molar-refractivity contribution is 5.97. The van der Waals surface area contributed by atoms with Gasteiger partial charge in [0, 0.05) is 11.1 Å². The first-order chi connectivity index (χ1) is 10.1. The van der Waals surface area contributed by atoms with Crippen LogP contribution < -0.4 is 0 Å². The number of carbonyl (C=O) groups is 1. The van der Waals surface area contributed by atoms with E-state index in [0.29, 0.717) is 22.8 Å². The average Bonchev–Trinajstić information content (AvgIpc) is 2.32. The topological polar surface area (TPSA) is 37.3 Å². The molecule has 0 spiro atoms. The molecule has 0 atom stereocenters. The molecule has 0 saturated heterocycles. The van der Waals surface area contributed by atoms with Gasteiger partial charge in [-0.15, -0.1) is 0 Å². The summed E-state index contributed by atoms with van der Waals surface area (Å²) < 4.78 is 36.9. The van der Waals surface area contributed by atoms with Gasteiger partial charge in [-0.1, -0.05) is 47.6 Å². The number of benzene rings is 1. The molecule has 128 valence electrons. The van der Waals surface area contributed by atoms with Gasteiger partial charge < -0.3 is 5.11 Å². The number of phenols is 1. The molecule has 1 rings (SSSR count). The second kappa shape index (κ2) is 6.02. The van der Waals surface area contributed by atoms with E-state index in [-0.39, 0.29) is 16.6 Å². The summed E-state index contributed by atoms with van der Waals surface area (Å²) in [5, 5.41) is 10.5. The summed E-state index contributed by atoms with van der Waals surface area (Å²) in [6, 6.07) is 3.23. The molecule has 0 aromatic heterocycles. The molecular formula is C18H23F3O2. The summed E-state index contributed by atoms with van der Waals surface area (Å²) in [5.41, 5.74) is 0.938. The Kier molecular flexibility index (Phi) is 5.04. The van der Waals surface area contributed by atoms with Crippen molar-refractivity contribution in [1.82, 2.24) is 0 Å². The van der Waals surface area contributed by atoms with Gasteiger partial charge in [-0.3, -0.25) is 4.79 Å². The van der Waals surface area contributed by atoms with E-state index in [2.05, 4.69) is 0 Å². The van der Waals surface area contributed by atoms with Gasteiger partial charge in [-0.05, 0) is 34.6 Å². The summed E-state index contributed by atoms with van der Waals surface area (Å²) in [7, 11) is 0. The third-order valence-corrected chi connectivity index (χ3v) is 3.45. The van der Waals surface area contributed by atoms with Crippen molar-refractivity contribution in [3.8, 4) is 5.75 Å². The van der Waals surface area contributed by atoms with Crippen LogP contribution >= 0.6 is 0 Å². The predicted molar refractivity (Wildman–Crippen MR) is 85.6 cm³/mol. The molecule has 1 N–H and O–H groups in total. The van der Waals surface area contributed by atoms with Crippen LogP contribution in [-0.4, -0.2) is 17.1 Å². The van der Waals surface area contributed by atoms with Gasteiger partial charge in [0.2, 0.25) is 0 Å².